The Morgan fingerprint density at radius 1 is 1.11 bits per heavy atom. The van der Waals surface area contributed by atoms with Crippen molar-refractivity contribution >= 4 is 55.8 Å². The maximum absolute atomic E-state index is 13.5. The van der Waals surface area contributed by atoms with Crippen molar-refractivity contribution in [3.63, 3.8) is 0 Å². The molecule has 3 rings (SSSR count). The highest BCUT2D eigenvalue weighted by Gasteiger charge is 2.22. The van der Waals surface area contributed by atoms with E-state index < -0.39 is 0 Å². The fourth-order valence-electron chi connectivity index (χ4n) is 2.66. The number of hydrogen-bond acceptors (Lipinski definition) is 4. The van der Waals surface area contributed by atoms with Crippen LogP contribution in [-0.4, -0.2) is 43.0 Å². The summed E-state index contributed by atoms with van der Waals surface area (Å²) in [4.78, 5) is 21.3. The third-order valence-corrected chi connectivity index (χ3v) is 5.39. The SMILES string of the molecule is CN(C)CCCN(C(=O)c1cc(Cl)cc(Cl)c1)c1nc2ccc(F)cc2s1. The summed E-state index contributed by atoms with van der Waals surface area (Å²) in [6, 6.07) is 9.15. The first kappa shape index (κ1) is 20.0. The van der Waals surface area contributed by atoms with Crippen LogP contribution < -0.4 is 4.90 Å². The van der Waals surface area contributed by atoms with E-state index in [9.17, 15) is 9.18 Å². The first-order chi connectivity index (χ1) is 12.8. The van der Waals surface area contributed by atoms with E-state index in [0.29, 0.717) is 37.5 Å². The minimum atomic E-state index is -0.329. The Morgan fingerprint density at radius 2 is 1.81 bits per heavy atom. The number of thiazole rings is 1. The molecule has 8 heteroatoms. The second-order valence-electron chi connectivity index (χ2n) is 6.38. The second kappa shape index (κ2) is 8.52. The second-order valence-corrected chi connectivity index (χ2v) is 8.26. The average Bonchev–Trinajstić information content (AvgIpc) is 2.99. The van der Waals surface area contributed by atoms with Crippen LogP contribution in [0.2, 0.25) is 10.0 Å². The molecule has 0 saturated heterocycles. The van der Waals surface area contributed by atoms with Gasteiger partial charge in [0.05, 0.1) is 10.2 Å². The van der Waals surface area contributed by atoms with Crippen molar-refractivity contribution in [2.24, 2.45) is 0 Å². The van der Waals surface area contributed by atoms with E-state index in [1.165, 1.54) is 23.5 Å². The molecule has 0 bridgehead atoms. The minimum absolute atomic E-state index is 0.238. The van der Waals surface area contributed by atoms with E-state index in [1.807, 2.05) is 19.0 Å². The van der Waals surface area contributed by atoms with Crippen molar-refractivity contribution in [3.8, 4) is 0 Å². The highest BCUT2D eigenvalue weighted by atomic mass is 35.5. The van der Waals surface area contributed by atoms with Crippen LogP contribution >= 0.6 is 34.5 Å². The zero-order valence-electron chi connectivity index (χ0n) is 14.9. The lowest BCUT2D eigenvalue weighted by molar-refractivity contribution is 0.0986. The Morgan fingerprint density at radius 3 is 2.48 bits per heavy atom. The maximum Gasteiger partial charge on any atom is 0.260 e. The van der Waals surface area contributed by atoms with Gasteiger partial charge >= 0.3 is 0 Å². The van der Waals surface area contributed by atoms with Gasteiger partial charge < -0.3 is 4.90 Å². The third-order valence-electron chi connectivity index (χ3n) is 3.91. The zero-order chi connectivity index (χ0) is 19.6. The van der Waals surface area contributed by atoms with Crippen molar-refractivity contribution in [2.75, 3.05) is 32.1 Å². The van der Waals surface area contributed by atoms with Gasteiger partial charge in [-0.1, -0.05) is 34.5 Å². The summed E-state index contributed by atoms with van der Waals surface area (Å²) in [6.07, 6.45) is 0.761. The average molecular weight is 426 g/mol. The molecule has 2 aromatic carbocycles. The van der Waals surface area contributed by atoms with Crippen LogP contribution in [0.5, 0.6) is 0 Å². The molecule has 1 heterocycles. The molecule has 4 nitrogen and oxygen atoms in total. The van der Waals surface area contributed by atoms with Crippen LogP contribution in [0.3, 0.4) is 0 Å². The van der Waals surface area contributed by atoms with E-state index >= 15 is 0 Å². The Hall–Kier alpha value is -1.73. The molecular formula is C19H18Cl2FN3OS. The van der Waals surface area contributed by atoms with Crippen LogP contribution in [-0.2, 0) is 0 Å². The summed E-state index contributed by atoms with van der Waals surface area (Å²) in [6.45, 7) is 1.29. The number of nitrogens with zero attached hydrogens (tertiary/aromatic N) is 3. The maximum atomic E-state index is 13.5. The number of rotatable bonds is 6. The molecule has 0 spiro atoms. The molecule has 1 amide bonds. The zero-order valence-corrected chi connectivity index (χ0v) is 17.2. The number of benzene rings is 2. The van der Waals surface area contributed by atoms with E-state index in [1.54, 1.807) is 29.2 Å². The van der Waals surface area contributed by atoms with E-state index in [-0.39, 0.29) is 11.7 Å². The Labute approximate surface area is 171 Å². The highest BCUT2D eigenvalue weighted by Crippen LogP contribution is 2.31. The molecule has 0 unspecified atom stereocenters. The first-order valence-electron chi connectivity index (χ1n) is 8.32. The largest absolute Gasteiger partial charge is 0.309 e. The summed E-state index contributed by atoms with van der Waals surface area (Å²) in [5.41, 5.74) is 1.05. The standard InChI is InChI=1S/C19H18Cl2FN3OS/c1-24(2)6-3-7-25(18(26)12-8-13(20)10-14(21)9-12)19-23-16-5-4-15(22)11-17(16)27-19/h4-5,8-11H,3,6-7H2,1-2H3. The lowest BCUT2D eigenvalue weighted by Gasteiger charge is -2.21. The van der Waals surface area contributed by atoms with Gasteiger partial charge in [-0.3, -0.25) is 9.69 Å². The molecule has 27 heavy (non-hydrogen) atoms. The Bertz CT molecular complexity index is 956. The summed E-state index contributed by atoms with van der Waals surface area (Å²) in [5, 5.41) is 1.31. The molecule has 0 saturated carbocycles. The number of amides is 1. The lowest BCUT2D eigenvalue weighted by atomic mass is 10.2. The summed E-state index contributed by atoms with van der Waals surface area (Å²) in [7, 11) is 3.95. The van der Waals surface area contributed by atoms with Gasteiger partial charge in [0, 0.05) is 22.2 Å². The Balaban J connectivity index is 1.97. The smallest absolute Gasteiger partial charge is 0.260 e. The highest BCUT2D eigenvalue weighted by molar-refractivity contribution is 7.22. The van der Waals surface area contributed by atoms with Crippen LogP contribution in [0.1, 0.15) is 16.8 Å². The molecular weight excluding hydrogens is 408 g/mol. The number of carbonyl (C=O) groups is 1. The van der Waals surface area contributed by atoms with E-state index in [0.717, 1.165) is 13.0 Å². The van der Waals surface area contributed by atoms with E-state index in [4.69, 9.17) is 23.2 Å². The van der Waals surface area contributed by atoms with E-state index in [2.05, 4.69) is 4.98 Å². The van der Waals surface area contributed by atoms with Crippen LogP contribution in [0.25, 0.3) is 10.2 Å². The monoisotopic (exact) mass is 425 g/mol. The van der Waals surface area contributed by atoms with Gasteiger partial charge in [-0.25, -0.2) is 9.37 Å². The van der Waals surface area contributed by atoms with Gasteiger partial charge in [0.2, 0.25) is 0 Å². The number of anilines is 1. The Kier molecular flexibility index (Phi) is 6.32. The van der Waals surface area contributed by atoms with Crippen LogP contribution in [0.15, 0.2) is 36.4 Å². The summed E-state index contributed by atoms with van der Waals surface area (Å²) < 4.78 is 14.2. The van der Waals surface area contributed by atoms with Crippen molar-refractivity contribution in [1.29, 1.82) is 0 Å². The number of carbonyl (C=O) groups excluding carboxylic acids is 1. The molecule has 1 aromatic heterocycles. The molecule has 0 N–H and O–H groups in total. The fourth-order valence-corrected chi connectivity index (χ4v) is 4.20. The molecule has 0 aliphatic heterocycles. The molecule has 0 radical (unpaired) electrons. The van der Waals surface area contributed by atoms with Crippen molar-refractivity contribution in [2.45, 2.75) is 6.42 Å². The number of hydrogen-bond donors (Lipinski definition) is 0. The summed E-state index contributed by atoms with van der Waals surface area (Å²) >= 11 is 13.4. The predicted molar refractivity (Wildman–Crippen MR) is 111 cm³/mol. The molecule has 0 fully saturated rings. The molecule has 0 aliphatic rings. The number of aromatic nitrogens is 1. The molecule has 0 atom stereocenters. The van der Waals surface area contributed by atoms with Crippen molar-refractivity contribution < 1.29 is 9.18 Å². The van der Waals surface area contributed by atoms with Crippen LogP contribution in [0, 0.1) is 5.82 Å². The number of halogens is 3. The third kappa shape index (κ3) is 4.96. The normalized spacial score (nSPS) is 11.3. The minimum Gasteiger partial charge on any atom is -0.309 e. The quantitative estimate of drug-likeness (QED) is 0.534. The van der Waals surface area contributed by atoms with Gasteiger partial charge in [-0.05, 0) is 63.5 Å². The summed E-state index contributed by atoms with van der Waals surface area (Å²) in [5.74, 6) is -0.567. The molecule has 142 valence electrons. The topological polar surface area (TPSA) is 36.4 Å². The van der Waals surface area contributed by atoms with Gasteiger partial charge in [-0.15, -0.1) is 0 Å². The first-order valence-corrected chi connectivity index (χ1v) is 9.89. The predicted octanol–water partition coefficient (Wildman–Crippen LogP) is 5.34. The molecule has 3 aromatic rings. The van der Waals surface area contributed by atoms with Crippen molar-refractivity contribution in [1.82, 2.24) is 9.88 Å². The number of fused-ring (bicyclic) bond motifs is 1. The van der Waals surface area contributed by atoms with Crippen molar-refractivity contribution in [3.05, 3.63) is 57.8 Å². The molecule has 0 aliphatic carbocycles. The van der Waals surface area contributed by atoms with Gasteiger partial charge in [-0.2, -0.15) is 0 Å². The van der Waals surface area contributed by atoms with Gasteiger partial charge in [0.15, 0.2) is 5.13 Å². The lowest BCUT2D eigenvalue weighted by Crippen LogP contribution is -2.33. The van der Waals surface area contributed by atoms with Crippen LogP contribution in [0.4, 0.5) is 9.52 Å². The fraction of sp³-hybridized carbons (Fsp3) is 0.263. The van der Waals surface area contributed by atoms with Gasteiger partial charge in [0.1, 0.15) is 5.82 Å². The van der Waals surface area contributed by atoms with Gasteiger partial charge in [0.25, 0.3) is 5.91 Å².